The van der Waals surface area contributed by atoms with Crippen LogP contribution in [0.1, 0.15) is 22.3 Å². The van der Waals surface area contributed by atoms with Crippen molar-refractivity contribution in [1.29, 1.82) is 0 Å². The van der Waals surface area contributed by atoms with Crippen LogP contribution in [0.3, 0.4) is 0 Å². The molecule has 2 aliphatic carbocycles. The summed E-state index contributed by atoms with van der Waals surface area (Å²) in [6.07, 6.45) is 0. The van der Waals surface area contributed by atoms with E-state index in [4.69, 9.17) is 4.98 Å². The average Bonchev–Trinajstić information content (AvgIpc) is 4.33. The van der Waals surface area contributed by atoms with Crippen molar-refractivity contribution in [2.75, 3.05) is 0 Å². The molecule has 17 rings (SSSR count). The van der Waals surface area contributed by atoms with Gasteiger partial charge in [-0.2, -0.15) is 0 Å². The number of para-hydroxylation sites is 7. The van der Waals surface area contributed by atoms with Crippen molar-refractivity contribution in [2.45, 2.75) is 5.41 Å². The molecule has 3 heterocycles. The zero-order valence-electron chi connectivity index (χ0n) is 42.3. The monoisotopic (exact) mass is 990 g/mol. The van der Waals surface area contributed by atoms with E-state index in [1.165, 1.54) is 66.1 Å². The fraction of sp³-hybridized carbons (Fsp3) is 0.0135. The summed E-state index contributed by atoms with van der Waals surface area (Å²) >= 11 is 0. The lowest BCUT2D eigenvalue weighted by Gasteiger charge is -2.30. The number of hydrogen-bond donors (Lipinski definition) is 0. The second-order valence-electron chi connectivity index (χ2n) is 21.0. The van der Waals surface area contributed by atoms with Crippen molar-refractivity contribution in [3.8, 4) is 73.0 Å². The van der Waals surface area contributed by atoms with Gasteiger partial charge in [-0.25, -0.2) is 4.98 Å². The number of imidazole rings is 1. The third-order valence-electron chi connectivity index (χ3n) is 17.0. The smallest absolute Gasteiger partial charge is 0.145 e. The highest BCUT2D eigenvalue weighted by molar-refractivity contribution is 6.11. The van der Waals surface area contributed by atoms with E-state index in [-0.39, 0.29) is 0 Å². The normalized spacial score (nSPS) is 13.0. The Kier molecular flexibility index (Phi) is 9.02. The van der Waals surface area contributed by atoms with Gasteiger partial charge in [0.15, 0.2) is 0 Å². The SMILES string of the molecule is c1ccc(-n2c(-c3cc(-c4cc(-n5c6ccccc6c6ccccc65)cc(-n5c6ccccc6c6ccccc65)c4)cc(-c4ccc5c(c4)C4(c6ccccc6-c6ccccc64)c4ccccc4-5)c3)nc3ccccc32)cc1. The van der Waals surface area contributed by atoms with Crippen LogP contribution in [-0.2, 0) is 5.41 Å². The predicted molar refractivity (Wildman–Crippen MR) is 322 cm³/mol. The average molecular weight is 991 g/mol. The van der Waals surface area contributed by atoms with Crippen LogP contribution in [0.25, 0.3) is 128 Å². The minimum absolute atomic E-state index is 0.481. The Morgan fingerprint density at radius 2 is 0.641 bits per heavy atom. The van der Waals surface area contributed by atoms with Crippen LogP contribution in [-0.4, -0.2) is 18.7 Å². The van der Waals surface area contributed by atoms with E-state index in [9.17, 15) is 0 Å². The fourth-order valence-corrected chi connectivity index (χ4v) is 13.8. The fourth-order valence-electron chi connectivity index (χ4n) is 13.8. The van der Waals surface area contributed by atoms with Gasteiger partial charge in [-0.1, -0.05) is 188 Å². The van der Waals surface area contributed by atoms with Gasteiger partial charge in [0, 0.05) is 44.2 Å². The van der Waals surface area contributed by atoms with Gasteiger partial charge in [-0.05, 0) is 158 Å². The molecule has 15 aromatic rings. The molecule has 78 heavy (non-hydrogen) atoms. The van der Waals surface area contributed by atoms with Crippen LogP contribution in [0.4, 0.5) is 0 Å². The van der Waals surface area contributed by atoms with Gasteiger partial charge in [-0.15, -0.1) is 0 Å². The molecule has 0 radical (unpaired) electrons. The summed E-state index contributed by atoms with van der Waals surface area (Å²) in [5.74, 6) is 0.885. The van der Waals surface area contributed by atoms with Crippen LogP contribution in [0.2, 0.25) is 0 Å². The molecule has 0 aliphatic heterocycles. The van der Waals surface area contributed by atoms with Gasteiger partial charge in [-0.3, -0.25) is 4.57 Å². The summed E-state index contributed by atoms with van der Waals surface area (Å²) in [7, 11) is 0. The van der Waals surface area contributed by atoms with Crippen molar-refractivity contribution in [3.05, 3.63) is 301 Å². The first-order chi connectivity index (χ1) is 38.7. The topological polar surface area (TPSA) is 27.7 Å². The number of benzene rings is 12. The minimum atomic E-state index is -0.481. The van der Waals surface area contributed by atoms with Gasteiger partial charge >= 0.3 is 0 Å². The summed E-state index contributed by atoms with van der Waals surface area (Å²) < 4.78 is 7.25. The minimum Gasteiger partial charge on any atom is -0.309 e. The van der Waals surface area contributed by atoms with E-state index in [1.54, 1.807) is 0 Å². The molecule has 0 saturated heterocycles. The molecule has 0 saturated carbocycles. The van der Waals surface area contributed by atoms with Crippen LogP contribution >= 0.6 is 0 Å². The van der Waals surface area contributed by atoms with Crippen molar-refractivity contribution >= 4 is 54.6 Å². The Morgan fingerprint density at radius 1 is 0.244 bits per heavy atom. The predicted octanol–water partition coefficient (Wildman–Crippen LogP) is 18.6. The maximum atomic E-state index is 5.53. The molecule has 3 aromatic heterocycles. The highest BCUT2D eigenvalue weighted by Crippen LogP contribution is 2.63. The zero-order valence-corrected chi connectivity index (χ0v) is 42.3. The van der Waals surface area contributed by atoms with Crippen LogP contribution in [0.15, 0.2) is 279 Å². The number of hydrogen-bond acceptors (Lipinski definition) is 1. The Morgan fingerprint density at radius 3 is 1.17 bits per heavy atom. The summed E-state index contributed by atoms with van der Waals surface area (Å²) in [4.78, 5) is 5.53. The Hall–Kier alpha value is -10.3. The second-order valence-corrected chi connectivity index (χ2v) is 21.0. The highest BCUT2D eigenvalue weighted by Gasteiger charge is 2.51. The van der Waals surface area contributed by atoms with E-state index < -0.39 is 5.41 Å². The van der Waals surface area contributed by atoms with Crippen molar-refractivity contribution in [2.24, 2.45) is 0 Å². The van der Waals surface area contributed by atoms with Gasteiger partial charge in [0.1, 0.15) is 5.82 Å². The quantitative estimate of drug-likeness (QED) is 0.163. The third kappa shape index (κ3) is 5.97. The first-order valence-corrected chi connectivity index (χ1v) is 26.9. The molecular weight excluding hydrogens is 945 g/mol. The van der Waals surface area contributed by atoms with Gasteiger partial charge in [0.25, 0.3) is 0 Å². The van der Waals surface area contributed by atoms with Crippen molar-refractivity contribution < 1.29 is 0 Å². The molecule has 12 aromatic carbocycles. The van der Waals surface area contributed by atoms with Crippen LogP contribution in [0.5, 0.6) is 0 Å². The zero-order chi connectivity index (χ0) is 51.1. The largest absolute Gasteiger partial charge is 0.309 e. The molecule has 362 valence electrons. The standard InChI is InChI=1S/C74H46N4/c1-2-20-52(21-3-1)78-72-37-19-14-32-67(72)75-73(78)51-41-48(47-38-39-58-57-24-6-13-31-65(57)74(66(58)45-47)63-29-11-4-22-55(63)56-23-5-12-30-64(56)74)40-49(42-51)50-43-53(76-68-33-15-7-25-59(68)60-26-8-16-34-69(60)76)46-54(44-50)77-70-35-17-9-27-61(70)62-28-10-18-36-71(62)77/h1-46H. The molecule has 2 aliphatic rings. The third-order valence-corrected chi connectivity index (χ3v) is 17.0. The van der Waals surface area contributed by atoms with Crippen LogP contribution < -0.4 is 0 Å². The number of rotatable bonds is 6. The van der Waals surface area contributed by atoms with Crippen molar-refractivity contribution in [3.63, 3.8) is 0 Å². The molecular formula is C74H46N4. The summed E-state index contributed by atoms with van der Waals surface area (Å²) in [6.45, 7) is 0. The van der Waals surface area contributed by atoms with E-state index in [0.717, 1.165) is 83.8 Å². The molecule has 0 atom stereocenters. The molecule has 4 heteroatoms. The maximum Gasteiger partial charge on any atom is 0.145 e. The maximum absolute atomic E-state index is 5.53. The van der Waals surface area contributed by atoms with Crippen LogP contribution in [0, 0.1) is 0 Å². The lowest BCUT2D eigenvalue weighted by atomic mass is 9.70. The van der Waals surface area contributed by atoms with E-state index in [1.807, 2.05) is 0 Å². The van der Waals surface area contributed by atoms with E-state index in [0.29, 0.717) is 0 Å². The van der Waals surface area contributed by atoms with Gasteiger partial charge < -0.3 is 9.13 Å². The van der Waals surface area contributed by atoms with E-state index in [2.05, 4.69) is 293 Å². The molecule has 1 spiro atoms. The molecule has 4 nitrogen and oxygen atoms in total. The number of nitrogens with zero attached hydrogens (tertiary/aromatic N) is 4. The first-order valence-electron chi connectivity index (χ1n) is 26.9. The molecule has 0 N–H and O–H groups in total. The Balaban J connectivity index is 0.970. The summed E-state index contributed by atoms with van der Waals surface area (Å²) in [5, 5.41) is 4.91. The molecule has 0 unspecified atom stereocenters. The molecule has 0 bridgehead atoms. The Bertz CT molecular complexity index is 4690. The van der Waals surface area contributed by atoms with Crippen molar-refractivity contribution in [1.82, 2.24) is 18.7 Å². The molecule has 0 amide bonds. The number of fused-ring (bicyclic) bond motifs is 17. The number of aromatic nitrogens is 4. The van der Waals surface area contributed by atoms with Gasteiger partial charge in [0.2, 0.25) is 0 Å². The molecule has 0 fully saturated rings. The Labute approximate surface area is 450 Å². The van der Waals surface area contributed by atoms with E-state index >= 15 is 0 Å². The summed E-state index contributed by atoms with van der Waals surface area (Å²) in [6, 6.07) is 103. The van der Waals surface area contributed by atoms with Gasteiger partial charge in [0.05, 0.1) is 38.5 Å². The summed E-state index contributed by atoms with van der Waals surface area (Å²) in [5.41, 5.74) is 25.4. The second kappa shape index (κ2) is 16.4. The highest BCUT2D eigenvalue weighted by atomic mass is 15.1. The lowest BCUT2D eigenvalue weighted by Crippen LogP contribution is -2.25. The first kappa shape index (κ1) is 43.0. The lowest BCUT2D eigenvalue weighted by molar-refractivity contribution is 0.794.